The molecule has 0 spiro atoms. The summed E-state index contributed by atoms with van der Waals surface area (Å²) in [6.07, 6.45) is 8.51. The molecule has 162 valence electrons. The third-order valence-electron chi connectivity index (χ3n) is 9.63. The maximum Gasteiger partial charge on any atom is 0.193 e. The summed E-state index contributed by atoms with van der Waals surface area (Å²) in [5, 5.41) is 20.0. The van der Waals surface area contributed by atoms with E-state index in [-0.39, 0.29) is 28.8 Å². The molecule has 0 unspecified atom stereocenters. The van der Waals surface area contributed by atoms with Crippen molar-refractivity contribution in [1.29, 1.82) is 0 Å². The lowest BCUT2D eigenvalue weighted by molar-refractivity contribution is -0.215. The van der Waals surface area contributed by atoms with Gasteiger partial charge in [0.1, 0.15) is 6.61 Å². The molecule has 0 bridgehead atoms. The minimum atomic E-state index is -1.03. The highest BCUT2D eigenvalue weighted by Crippen LogP contribution is 2.70. The van der Waals surface area contributed by atoms with E-state index in [2.05, 4.69) is 19.9 Å². The number of carbonyl (C=O) groups is 1. The Morgan fingerprint density at radius 2 is 1.93 bits per heavy atom. The summed E-state index contributed by atoms with van der Waals surface area (Å²) >= 11 is 0. The lowest BCUT2D eigenvalue weighted by Crippen LogP contribution is -2.61. The van der Waals surface area contributed by atoms with Crippen LogP contribution in [-0.2, 0) is 14.3 Å². The highest BCUT2D eigenvalue weighted by Gasteiger charge is 2.75. The lowest BCUT2D eigenvalue weighted by Gasteiger charge is -2.59. The number of allylic oxidation sites excluding steroid dienone is 1. The van der Waals surface area contributed by atoms with E-state index in [0.717, 1.165) is 44.9 Å². The SMILES string of the molecule is CC1(C)O[C@H]2C[C@H]3[C@@H]4CC=C5C[C@@H](O)CC[C@]5(C)[C@H]4CC[C@]3(C)[C@]2(C(=O)CO)O1. The molecule has 5 aliphatic rings. The maximum atomic E-state index is 13.2. The number of ketones is 1. The van der Waals surface area contributed by atoms with Crippen molar-refractivity contribution in [3.05, 3.63) is 11.6 Å². The van der Waals surface area contributed by atoms with Crippen LogP contribution in [0.4, 0.5) is 0 Å². The van der Waals surface area contributed by atoms with Crippen LogP contribution in [0.15, 0.2) is 11.6 Å². The predicted molar refractivity (Wildman–Crippen MR) is 108 cm³/mol. The van der Waals surface area contributed by atoms with Crippen molar-refractivity contribution >= 4 is 5.78 Å². The summed E-state index contributed by atoms with van der Waals surface area (Å²) < 4.78 is 12.7. The molecule has 0 aromatic heterocycles. The van der Waals surface area contributed by atoms with Gasteiger partial charge < -0.3 is 19.7 Å². The zero-order chi connectivity index (χ0) is 20.8. The number of carbonyl (C=O) groups excluding carboxylic acids is 1. The topological polar surface area (TPSA) is 76.0 Å². The fraction of sp³-hybridized carbons (Fsp3) is 0.875. The molecule has 0 radical (unpaired) electrons. The van der Waals surface area contributed by atoms with Crippen LogP contribution in [0.3, 0.4) is 0 Å². The van der Waals surface area contributed by atoms with Gasteiger partial charge in [0, 0.05) is 5.41 Å². The van der Waals surface area contributed by atoms with Crippen molar-refractivity contribution in [3.63, 3.8) is 0 Å². The minimum Gasteiger partial charge on any atom is -0.393 e. The van der Waals surface area contributed by atoms with Gasteiger partial charge in [0.25, 0.3) is 0 Å². The summed E-state index contributed by atoms with van der Waals surface area (Å²) in [6, 6.07) is 0. The maximum absolute atomic E-state index is 13.2. The third-order valence-corrected chi connectivity index (χ3v) is 9.63. The second-order valence-corrected chi connectivity index (χ2v) is 11.3. The van der Waals surface area contributed by atoms with E-state index in [4.69, 9.17) is 9.47 Å². The average molecular weight is 405 g/mol. The number of Topliss-reactive ketones (excluding diaryl/α,β-unsaturated/α-hetero) is 1. The number of rotatable bonds is 2. The Kier molecular flexibility index (Phi) is 4.28. The van der Waals surface area contributed by atoms with Crippen molar-refractivity contribution in [1.82, 2.24) is 0 Å². The minimum absolute atomic E-state index is 0.163. The normalized spacial score (nSPS) is 52.8. The molecule has 4 fully saturated rings. The molecule has 5 heteroatoms. The van der Waals surface area contributed by atoms with Crippen molar-refractivity contribution in [2.45, 2.75) is 96.2 Å². The Balaban J connectivity index is 1.54. The number of aliphatic hydroxyl groups excluding tert-OH is 2. The highest BCUT2D eigenvalue weighted by molar-refractivity contribution is 5.91. The molecule has 1 saturated heterocycles. The van der Waals surface area contributed by atoms with Gasteiger partial charge in [-0.2, -0.15) is 0 Å². The predicted octanol–water partition coefficient (Wildman–Crippen LogP) is 3.37. The van der Waals surface area contributed by atoms with E-state index in [1.54, 1.807) is 0 Å². The summed E-state index contributed by atoms with van der Waals surface area (Å²) in [7, 11) is 0. The van der Waals surface area contributed by atoms with Gasteiger partial charge in [-0.15, -0.1) is 0 Å². The van der Waals surface area contributed by atoms with E-state index < -0.39 is 18.0 Å². The number of fused-ring (bicyclic) bond motifs is 7. The van der Waals surface area contributed by atoms with Gasteiger partial charge in [0.05, 0.1) is 12.2 Å². The standard InChI is InChI=1S/C24H36O5/c1-21(2)28-20-12-18-16-6-5-14-11-15(26)7-9-22(14,3)17(16)8-10-23(18,4)24(20,29-21)19(27)13-25/h5,15-18,20,25-26H,6-13H2,1-4H3/t15-,16+,17-,18-,20-,22-,23-,24+/m0/s1. The van der Waals surface area contributed by atoms with E-state index in [1.165, 1.54) is 5.57 Å². The average Bonchev–Trinajstić information content (AvgIpc) is 3.07. The number of hydrogen-bond acceptors (Lipinski definition) is 5. The molecule has 0 aromatic rings. The molecule has 1 aliphatic heterocycles. The fourth-order valence-corrected chi connectivity index (χ4v) is 8.36. The molecule has 5 nitrogen and oxygen atoms in total. The second kappa shape index (κ2) is 6.15. The molecule has 1 heterocycles. The van der Waals surface area contributed by atoms with Gasteiger partial charge in [-0.3, -0.25) is 4.79 Å². The molecule has 29 heavy (non-hydrogen) atoms. The number of aliphatic hydroxyl groups is 2. The van der Waals surface area contributed by atoms with Crippen LogP contribution >= 0.6 is 0 Å². The van der Waals surface area contributed by atoms with Crippen LogP contribution in [0.5, 0.6) is 0 Å². The number of hydrogen-bond donors (Lipinski definition) is 2. The summed E-state index contributed by atoms with van der Waals surface area (Å²) in [4.78, 5) is 13.2. The zero-order valence-electron chi connectivity index (χ0n) is 18.2. The molecular formula is C24H36O5. The van der Waals surface area contributed by atoms with Crippen LogP contribution in [-0.4, -0.2) is 46.2 Å². The van der Waals surface area contributed by atoms with E-state index in [9.17, 15) is 15.0 Å². The third kappa shape index (κ3) is 2.45. The number of ether oxygens (including phenoxy) is 2. The highest BCUT2D eigenvalue weighted by atomic mass is 16.8. The Labute approximate surface area is 173 Å². The Bertz CT molecular complexity index is 758. The van der Waals surface area contributed by atoms with Gasteiger partial charge in [-0.1, -0.05) is 25.5 Å². The monoisotopic (exact) mass is 404 g/mol. The van der Waals surface area contributed by atoms with E-state index >= 15 is 0 Å². The summed E-state index contributed by atoms with van der Waals surface area (Å²) in [6.45, 7) is 7.90. The summed E-state index contributed by atoms with van der Waals surface area (Å²) in [5.41, 5.74) is 0.266. The van der Waals surface area contributed by atoms with Gasteiger partial charge in [0.15, 0.2) is 17.2 Å². The van der Waals surface area contributed by atoms with E-state index in [1.807, 2.05) is 13.8 Å². The Morgan fingerprint density at radius 1 is 1.17 bits per heavy atom. The van der Waals surface area contributed by atoms with Gasteiger partial charge in [-0.25, -0.2) is 0 Å². The zero-order valence-corrected chi connectivity index (χ0v) is 18.2. The molecular weight excluding hydrogens is 368 g/mol. The quantitative estimate of drug-likeness (QED) is 0.690. The lowest BCUT2D eigenvalue weighted by atomic mass is 9.46. The van der Waals surface area contributed by atoms with E-state index in [0.29, 0.717) is 17.8 Å². The first kappa shape index (κ1) is 20.2. The second-order valence-electron chi connectivity index (χ2n) is 11.3. The summed E-state index contributed by atoms with van der Waals surface area (Å²) in [5.74, 6) is 0.420. The van der Waals surface area contributed by atoms with Crippen LogP contribution in [0.2, 0.25) is 0 Å². The molecule has 5 rings (SSSR count). The molecule has 8 atom stereocenters. The van der Waals surface area contributed by atoms with Crippen LogP contribution < -0.4 is 0 Å². The smallest absolute Gasteiger partial charge is 0.193 e. The van der Waals surface area contributed by atoms with Crippen LogP contribution in [0.1, 0.15) is 72.6 Å². The molecule has 3 saturated carbocycles. The fourth-order valence-electron chi connectivity index (χ4n) is 8.36. The first-order valence-electron chi connectivity index (χ1n) is 11.5. The first-order valence-corrected chi connectivity index (χ1v) is 11.5. The Morgan fingerprint density at radius 3 is 2.66 bits per heavy atom. The van der Waals surface area contributed by atoms with Crippen molar-refractivity contribution in [2.24, 2.45) is 28.6 Å². The van der Waals surface area contributed by atoms with Gasteiger partial charge in [0.2, 0.25) is 0 Å². The van der Waals surface area contributed by atoms with Gasteiger partial charge in [-0.05, 0) is 82.0 Å². The molecule has 0 aromatic carbocycles. The Hall–Kier alpha value is -0.750. The molecule has 2 N–H and O–H groups in total. The van der Waals surface area contributed by atoms with Crippen LogP contribution in [0, 0.1) is 28.6 Å². The molecule has 0 amide bonds. The van der Waals surface area contributed by atoms with Crippen molar-refractivity contribution in [2.75, 3.05) is 6.61 Å². The largest absolute Gasteiger partial charge is 0.393 e. The van der Waals surface area contributed by atoms with Crippen molar-refractivity contribution in [3.8, 4) is 0 Å². The molecule has 4 aliphatic carbocycles. The first-order chi connectivity index (χ1) is 13.6. The van der Waals surface area contributed by atoms with Crippen LogP contribution in [0.25, 0.3) is 0 Å². The van der Waals surface area contributed by atoms with Crippen molar-refractivity contribution < 1.29 is 24.5 Å². The van der Waals surface area contributed by atoms with Gasteiger partial charge >= 0.3 is 0 Å².